The molecule has 1 heterocycles. The number of hydrogen-bond donors (Lipinski definition) is 1. The fraction of sp³-hybridized carbons (Fsp3) is 0.438. The molecular formula is C16H23N3. The molecule has 0 aliphatic carbocycles. The zero-order valence-electron chi connectivity index (χ0n) is 11.7. The molecule has 0 saturated heterocycles. The van der Waals surface area contributed by atoms with Gasteiger partial charge in [0, 0.05) is 25.5 Å². The highest BCUT2D eigenvalue weighted by atomic mass is 15.2. The van der Waals surface area contributed by atoms with E-state index in [-0.39, 0.29) is 0 Å². The summed E-state index contributed by atoms with van der Waals surface area (Å²) in [7, 11) is 0. The van der Waals surface area contributed by atoms with Crippen molar-refractivity contribution in [2.45, 2.75) is 39.2 Å². The molecule has 2 rings (SSSR count). The molecular weight excluding hydrogens is 234 g/mol. The van der Waals surface area contributed by atoms with Gasteiger partial charge in [0.05, 0.1) is 0 Å². The standard InChI is InChI=1S/C16H23N3/c1-2-3-13-19-14-12-18-16(19)17-11-7-10-15-8-5-4-6-9-15/h4-6,8-9,12,14H,2-3,7,10-11,13H2,1H3,(H,17,18). The molecule has 0 saturated carbocycles. The minimum atomic E-state index is 0.970. The molecule has 0 unspecified atom stereocenters. The van der Waals surface area contributed by atoms with E-state index in [1.54, 1.807) is 0 Å². The molecule has 2 aromatic rings. The highest BCUT2D eigenvalue weighted by Gasteiger charge is 2.00. The maximum absolute atomic E-state index is 4.37. The number of aromatic nitrogens is 2. The number of aryl methyl sites for hydroxylation is 2. The topological polar surface area (TPSA) is 29.9 Å². The number of nitrogens with one attached hydrogen (secondary N) is 1. The SMILES string of the molecule is CCCCn1ccnc1NCCCc1ccccc1. The Morgan fingerprint density at radius 3 is 2.79 bits per heavy atom. The quantitative estimate of drug-likeness (QED) is 0.730. The van der Waals surface area contributed by atoms with Crippen molar-refractivity contribution in [3.05, 3.63) is 48.3 Å². The van der Waals surface area contributed by atoms with Crippen LogP contribution < -0.4 is 5.32 Å². The van der Waals surface area contributed by atoms with Gasteiger partial charge in [-0.25, -0.2) is 4.98 Å². The van der Waals surface area contributed by atoms with E-state index >= 15 is 0 Å². The summed E-state index contributed by atoms with van der Waals surface area (Å²) < 4.78 is 2.20. The molecule has 19 heavy (non-hydrogen) atoms. The molecule has 0 aliphatic rings. The van der Waals surface area contributed by atoms with Crippen molar-refractivity contribution in [3.8, 4) is 0 Å². The van der Waals surface area contributed by atoms with Gasteiger partial charge in [-0.1, -0.05) is 43.7 Å². The predicted octanol–water partition coefficient (Wildman–Crippen LogP) is 3.73. The molecule has 0 fully saturated rings. The fourth-order valence-corrected chi connectivity index (χ4v) is 2.12. The Labute approximate surface area is 115 Å². The van der Waals surface area contributed by atoms with E-state index in [0.717, 1.165) is 31.9 Å². The number of anilines is 1. The summed E-state index contributed by atoms with van der Waals surface area (Å²) in [5, 5.41) is 3.42. The Bertz CT molecular complexity index is 462. The van der Waals surface area contributed by atoms with Gasteiger partial charge in [-0.15, -0.1) is 0 Å². The first-order valence-electron chi connectivity index (χ1n) is 7.19. The summed E-state index contributed by atoms with van der Waals surface area (Å²) in [5.74, 6) is 1.00. The van der Waals surface area contributed by atoms with Gasteiger partial charge in [-0.3, -0.25) is 0 Å². The van der Waals surface area contributed by atoms with Crippen LogP contribution in [-0.2, 0) is 13.0 Å². The number of benzene rings is 1. The van der Waals surface area contributed by atoms with Crippen LogP contribution >= 0.6 is 0 Å². The molecule has 0 amide bonds. The lowest BCUT2D eigenvalue weighted by atomic mass is 10.1. The first-order chi connectivity index (χ1) is 9.40. The van der Waals surface area contributed by atoms with E-state index in [1.807, 2.05) is 6.20 Å². The van der Waals surface area contributed by atoms with Crippen LogP contribution in [0.3, 0.4) is 0 Å². The van der Waals surface area contributed by atoms with Crippen LogP contribution in [-0.4, -0.2) is 16.1 Å². The van der Waals surface area contributed by atoms with Crippen LogP contribution in [0, 0.1) is 0 Å². The van der Waals surface area contributed by atoms with E-state index in [2.05, 4.69) is 58.3 Å². The van der Waals surface area contributed by atoms with Gasteiger partial charge in [0.1, 0.15) is 0 Å². The Morgan fingerprint density at radius 1 is 1.16 bits per heavy atom. The second kappa shape index (κ2) is 7.62. The maximum atomic E-state index is 4.37. The average molecular weight is 257 g/mol. The van der Waals surface area contributed by atoms with Crippen molar-refractivity contribution in [1.29, 1.82) is 0 Å². The minimum absolute atomic E-state index is 0.970. The Balaban J connectivity index is 1.72. The van der Waals surface area contributed by atoms with Crippen LogP contribution in [0.15, 0.2) is 42.7 Å². The summed E-state index contributed by atoms with van der Waals surface area (Å²) in [4.78, 5) is 4.37. The predicted molar refractivity (Wildman–Crippen MR) is 80.4 cm³/mol. The Morgan fingerprint density at radius 2 is 2.00 bits per heavy atom. The van der Waals surface area contributed by atoms with Crippen LogP contribution in [0.1, 0.15) is 31.7 Å². The van der Waals surface area contributed by atoms with Gasteiger partial charge < -0.3 is 9.88 Å². The highest BCUT2D eigenvalue weighted by molar-refractivity contribution is 5.25. The lowest BCUT2D eigenvalue weighted by molar-refractivity contribution is 0.634. The second-order valence-corrected chi connectivity index (χ2v) is 4.81. The van der Waals surface area contributed by atoms with E-state index in [1.165, 1.54) is 18.4 Å². The summed E-state index contributed by atoms with van der Waals surface area (Å²) in [6, 6.07) is 10.6. The molecule has 0 bridgehead atoms. The molecule has 0 atom stereocenters. The van der Waals surface area contributed by atoms with Gasteiger partial charge in [0.15, 0.2) is 0 Å². The van der Waals surface area contributed by atoms with E-state index in [0.29, 0.717) is 0 Å². The molecule has 0 aliphatic heterocycles. The molecule has 3 nitrogen and oxygen atoms in total. The zero-order chi connectivity index (χ0) is 13.3. The van der Waals surface area contributed by atoms with Crippen LogP contribution in [0.5, 0.6) is 0 Å². The number of imidazole rings is 1. The summed E-state index contributed by atoms with van der Waals surface area (Å²) in [6.07, 6.45) is 8.58. The molecule has 1 aromatic carbocycles. The summed E-state index contributed by atoms with van der Waals surface area (Å²) >= 11 is 0. The van der Waals surface area contributed by atoms with E-state index in [4.69, 9.17) is 0 Å². The molecule has 1 aromatic heterocycles. The van der Waals surface area contributed by atoms with Crippen molar-refractivity contribution < 1.29 is 0 Å². The normalized spacial score (nSPS) is 10.6. The molecule has 1 N–H and O–H groups in total. The second-order valence-electron chi connectivity index (χ2n) is 4.81. The van der Waals surface area contributed by atoms with E-state index in [9.17, 15) is 0 Å². The van der Waals surface area contributed by atoms with Gasteiger partial charge in [0.2, 0.25) is 5.95 Å². The van der Waals surface area contributed by atoms with Gasteiger partial charge in [0.25, 0.3) is 0 Å². The third-order valence-electron chi connectivity index (χ3n) is 3.24. The first kappa shape index (κ1) is 13.7. The van der Waals surface area contributed by atoms with Gasteiger partial charge >= 0.3 is 0 Å². The van der Waals surface area contributed by atoms with Crippen molar-refractivity contribution in [2.75, 3.05) is 11.9 Å². The van der Waals surface area contributed by atoms with Crippen molar-refractivity contribution in [3.63, 3.8) is 0 Å². The maximum Gasteiger partial charge on any atom is 0.202 e. The van der Waals surface area contributed by atoms with Crippen molar-refractivity contribution >= 4 is 5.95 Å². The molecule has 3 heteroatoms. The minimum Gasteiger partial charge on any atom is -0.356 e. The summed E-state index contributed by atoms with van der Waals surface area (Å²) in [5.41, 5.74) is 1.40. The largest absolute Gasteiger partial charge is 0.356 e. The van der Waals surface area contributed by atoms with Crippen LogP contribution in [0.25, 0.3) is 0 Å². The molecule has 0 spiro atoms. The van der Waals surface area contributed by atoms with Gasteiger partial charge in [-0.05, 0) is 24.8 Å². The molecule has 102 valence electrons. The average Bonchev–Trinajstić information content (AvgIpc) is 2.90. The number of hydrogen-bond acceptors (Lipinski definition) is 2. The number of rotatable bonds is 8. The van der Waals surface area contributed by atoms with Crippen molar-refractivity contribution in [1.82, 2.24) is 9.55 Å². The lowest BCUT2D eigenvalue weighted by Crippen LogP contribution is -2.09. The van der Waals surface area contributed by atoms with Crippen molar-refractivity contribution in [2.24, 2.45) is 0 Å². The van der Waals surface area contributed by atoms with Crippen LogP contribution in [0.4, 0.5) is 5.95 Å². The Hall–Kier alpha value is -1.77. The third-order valence-corrected chi connectivity index (χ3v) is 3.24. The van der Waals surface area contributed by atoms with Gasteiger partial charge in [-0.2, -0.15) is 0 Å². The third kappa shape index (κ3) is 4.43. The Kier molecular flexibility index (Phi) is 5.48. The number of unbranched alkanes of at least 4 members (excludes halogenated alkanes) is 1. The number of nitrogens with zero attached hydrogens (tertiary/aromatic N) is 2. The first-order valence-corrected chi connectivity index (χ1v) is 7.19. The molecule has 0 radical (unpaired) electrons. The monoisotopic (exact) mass is 257 g/mol. The fourth-order valence-electron chi connectivity index (χ4n) is 2.12. The zero-order valence-corrected chi connectivity index (χ0v) is 11.7. The highest BCUT2D eigenvalue weighted by Crippen LogP contribution is 2.07. The lowest BCUT2D eigenvalue weighted by Gasteiger charge is -2.09. The summed E-state index contributed by atoms with van der Waals surface area (Å²) in [6.45, 7) is 4.24. The smallest absolute Gasteiger partial charge is 0.202 e. The van der Waals surface area contributed by atoms with Crippen LogP contribution in [0.2, 0.25) is 0 Å². The van der Waals surface area contributed by atoms with E-state index < -0.39 is 0 Å².